The summed E-state index contributed by atoms with van der Waals surface area (Å²) < 4.78 is 5.61. The first-order chi connectivity index (χ1) is 8.83. The van der Waals surface area contributed by atoms with Crippen LogP contribution in [0.1, 0.15) is 18.1 Å². The molecule has 1 fully saturated rings. The maximum Gasteiger partial charge on any atom is 0.0593 e. The number of rotatable bonds is 2. The van der Waals surface area contributed by atoms with Crippen LogP contribution in [-0.2, 0) is 17.7 Å². The molecule has 1 unspecified atom stereocenters. The summed E-state index contributed by atoms with van der Waals surface area (Å²) in [5.41, 5.74) is 4.31. The van der Waals surface area contributed by atoms with E-state index < -0.39 is 0 Å². The highest BCUT2D eigenvalue weighted by molar-refractivity contribution is 5.85. The van der Waals surface area contributed by atoms with Crippen LogP contribution >= 0.6 is 12.4 Å². The van der Waals surface area contributed by atoms with Crippen LogP contribution in [0.3, 0.4) is 0 Å². The molecule has 3 rings (SSSR count). The molecule has 0 aromatic heterocycles. The fraction of sp³-hybridized carbons (Fsp3) is 0.600. The largest absolute Gasteiger partial charge is 0.384 e. The molecule has 1 atom stereocenters. The first kappa shape index (κ1) is 14.6. The maximum atomic E-state index is 5.61. The van der Waals surface area contributed by atoms with Gasteiger partial charge in [-0.2, -0.15) is 0 Å². The maximum absolute atomic E-state index is 5.61. The third-order valence-corrected chi connectivity index (χ3v) is 3.85. The summed E-state index contributed by atoms with van der Waals surface area (Å²) in [6, 6.07) is 6.69. The smallest absolute Gasteiger partial charge is 0.0593 e. The molecule has 0 radical (unpaired) electrons. The van der Waals surface area contributed by atoms with Crippen LogP contribution in [0.2, 0.25) is 0 Å². The van der Waals surface area contributed by atoms with Gasteiger partial charge in [0.2, 0.25) is 0 Å². The van der Waals surface area contributed by atoms with Gasteiger partial charge in [0, 0.05) is 31.9 Å². The Labute approximate surface area is 121 Å². The average molecular weight is 283 g/mol. The molecule has 0 spiro atoms. The van der Waals surface area contributed by atoms with Crippen molar-refractivity contribution in [1.82, 2.24) is 4.90 Å². The second-order valence-corrected chi connectivity index (χ2v) is 5.54. The zero-order valence-corrected chi connectivity index (χ0v) is 12.3. The van der Waals surface area contributed by atoms with Crippen molar-refractivity contribution in [2.75, 3.05) is 38.2 Å². The highest BCUT2D eigenvalue weighted by Crippen LogP contribution is 2.27. The fourth-order valence-corrected chi connectivity index (χ4v) is 2.99. The first-order valence-electron chi connectivity index (χ1n) is 6.97. The van der Waals surface area contributed by atoms with Gasteiger partial charge >= 0.3 is 0 Å². The fourth-order valence-electron chi connectivity index (χ4n) is 2.99. The number of nitrogens with one attached hydrogen (secondary N) is 1. The standard InChI is InChI=1S/C15H22N2O.ClH/c1-12-9-17(7-8-18-11-12)10-14-4-2-3-13-5-6-16-15(13)14;/h2-4,12,16H,5-11H2,1H3;1H. The first-order valence-corrected chi connectivity index (χ1v) is 6.97. The Hall–Kier alpha value is -0.770. The zero-order chi connectivity index (χ0) is 12.4. The molecule has 2 aliphatic rings. The van der Waals surface area contributed by atoms with E-state index in [-0.39, 0.29) is 12.4 Å². The van der Waals surface area contributed by atoms with Crippen LogP contribution in [0, 0.1) is 5.92 Å². The molecule has 1 aromatic carbocycles. The van der Waals surface area contributed by atoms with Gasteiger partial charge in [0.15, 0.2) is 0 Å². The van der Waals surface area contributed by atoms with E-state index in [2.05, 4.69) is 35.3 Å². The molecule has 2 heterocycles. The molecule has 3 nitrogen and oxygen atoms in total. The van der Waals surface area contributed by atoms with Gasteiger partial charge in [0.05, 0.1) is 13.2 Å². The third kappa shape index (κ3) is 3.41. The Bertz CT molecular complexity index is 425. The number of halogens is 1. The minimum atomic E-state index is 0. The monoisotopic (exact) mass is 282 g/mol. The SMILES string of the molecule is CC1COCCN(Cc2cccc3c2NCC3)C1.Cl. The lowest BCUT2D eigenvalue weighted by atomic mass is 10.1. The lowest BCUT2D eigenvalue weighted by Crippen LogP contribution is -2.28. The molecule has 0 bridgehead atoms. The van der Waals surface area contributed by atoms with E-state index in [0.717, 1.165) is 39.4 Å². The van der Waals surface area contributed by atoms with Gasteiger partial charge in [-0.05, 0) is 23.5 Å². The second-order valence-electron chi connectivity index (χ2n) is 5.54. The Balaban J connectivity index is 0.00000133. The Morgan fingerprint density at radius 3 is 3.21 bits per heavy atom. The molecule has 1 saturated heterocycles. The van der Waals surface area contributed by atoms with E-state index in [1.807, 2.05) is 0 Å². The van der Waals surface area contributed by atoms with Gasteiger partial charge in [-0.3, -0.25) is 4.90 Å². The lowest BCUT2D eigenvalue weighted by Gasteiger charge is -2.22. The van der Waals surface area contributed by atoms with E-state index in [1.54, 1.807) is 0 Å². The molecule has 19 heavy (non-hydrogen) atoms. The molecule has 0 aliphatic carbocycles. The average Bonchev–Trinajstić information content (AvgIpc) is 2.75. The van der Waals surface area contributed by atoms with Gasteiger partial charge in [-0.25, -0.2) is 0 Å². The number of hydrogen-bond donors (Lipinski definition) is 1. The Morgan fingerprint density at radius 1 is 1.42 bits per heavy atom. The van der Waals surface area contributed by atoms with Crippen molar-refractivity contribution in [3.05, 3.63) is 29.3 Å². The molecule has 106 valence electrons. The number of benzene rings is 1. The Kier molecular flexibility index (Phi) is 5.08. The number of ether oxygens (including phenoxy) is 1. The van der Waals surface area contributed by atoms with E-state index in [0.29, 0.717) is 5.92 Å². The number of para-hydroxylation sites is 1. The van der Waals surface area contributed by atoms with E-state index in [9.17, 15) is 0 Å². The minimum absolute atomic E-state index is 0. The molecule has 4 heteroatoms. The second kappa shape index (κ2) is 6.60. The molecular formula is C15H23ClN2O. The van der Waals surface area contributed by atoms with Crippen LogP contribution in [0.4, 0.5) is 5.69 Å². The summed E-state index contributed by atoms with van der Waals surface area (Å²) in [6.07, 6.45) is 1.17. The zero-order valence-electron chi connectivity index (χ0n) is 11.5. The van der Waals surface area contributed by atoms with Crippen molar-refractivity contribution >= 4 is 18.1 Å². The Morgan fingerprint density at radius 2 is 2.32 bits per heavy atom. The molecular weight excluding hydrogens is 260 g/mol. The summed E-state index contributed by atoms with van der Waals surface area (Å²) in [4.78, 5) is 2.52. The molecule has 0 amide bonds. The normalized spacial score (nSPS) is 23.1. The predicted octanol–water partition coefficient (Wildman–Crippen LogP) is 2.54. The highest BCUT2D eigenvalue weighted by atomic mass is 35.5. The van der Waals surface area contributed by atoms with Crippen LogP contribution in [0.15, 0.2) is 18.2 Å². The van der Waals surface area contributed by atoms with Crippen molar-refractivity contribution in [1.29, 1.82) is 0 Å². The number of nitrogens with zero attached hydrogens (tertiary/aromatic N) is 1. The molecule has 1 N–H and O–H groups in total. The van der Waals surface area contributed by atoms with E-state index in [1.165, 1.54) is 23.2 Å². The van der Waals surface area contributed by atoms with Crippen LogP contribution in [0.5, 0.6) is 0 Å². The molecule has 2 aliphatic heterocycles. The summed E-state index contributed by atoms with van der Waals surface area (Å²) in [5.74, 6) is 0.636. The summed E-state index contributed by atoms with van der Waals surface area (Å²) in [6.45, 7) is 8.37. The van der Waals surface area contributed by atoms with Gasteiger partial charge < -0.3 is 10.1 Å². The van der Waals surface area contributed by atoms with Gasteiger partial charge in [0.1, 0.15) is 0 Å². The molecule has 0 saturated carbocycles. The number of anilines is 1. The number of fused-ring (bicyclic) bond motifs is 1. The third-order valence-electron chi connectivity index (χ3n) is 3.85. The van der Waals surface area contributed by atoms with Crippen molar-refractivity contribution in [3.63, 3.8) is 0 Å². The van der Waals surface area contributed by atoms with E-state index >= 15 is 0 Å². The van der Waals surface area contributed by atoms with Crippen LogP contribution in [-0.4, -0.2) is 37.7 Å². The lowest BCUT2D eigenvalue weighted by molar-refractivity contribution is 0.125. The van der Waals surface area contributed by atoms with Crippen molar-refractivity contribution in [2.45, 2.75) is 19.9 Å². The minimum Gasteiger partial charge on any atom is -0.384 e. The van der Waals surface area contributed by atoms with Crippen molar-refractivity contribution in [3.8, 4) is 0 Å². The van der Waals surface area contributed by atoms with Crippen molar-refractivity contribution < 1.29 is 4.74 Å². The summed E-state index contributed by atoms with van der Waals surface area (Å²) >= 11 is 0. The van der Waals surface area contributed by atoms with Crippen LogP contribution < -0.4 is 5.32 Å². The van der Waals surface area contributed by atoms with Crippen LogP contribution in [0.25, 0.3) is 0 Å². The van der Waals surface area contributed by atoms with E-state index in [4.69, 9.17) is 4.74 Å². The quantitative estimate of drug-likeness (QED) is 0.902. The van der Waals surface area contributed by atoms with Gasteiger partial charge in [-0.15, -0.1) is 12.4 Å². The van der Waals surface area contributed by atoms with Crippen molar-refractivity contribution in [2.24, 2.45) is 5.92 Å². The molecule has 1 aromatic rings. The summed E-state index contributed by atoms with van der Waals surface area (Å²) in [5, 5.41) is 3.53. The number of hydrogen-bond acceptors (Lipinski definition) is 3. The predicted molar refractivity (Wildman–Crippen MR) is 81.1 cm³/mol. The topological polar surface area (TPSA) is 24.5 Å². The highest BCUT2D eigenvalue weighted by Gasteiger charge is 2.18. The van der Waals surface area contributed by atoms with Gasteiger partial charge in [0.25, 0.3) is 0 Å². The summed E-state index contributed by atoms with van der Waals surface area (Å²) in [7, 11) is 0. The van der Waals surface area contributed by atoms with Gasteiger partial charge in [-0.1, -0.05) is 25.1 Å².